The number of piperidine rings is 1. The second kappa shape index (κ2) is 8.98. The fourth-order valence-corrected chi connectivity index (χ4v) is 4.20. The van der Waals surface area contributed by atoms with Crippen LogP contribution in [-0.2, 0) is 4.74 Å². The number of rotatable bonds is 7. The number of hydrogen-bond donors (Lipinski definition) is 0. The third-order valence-corrected chi connectivity index (χ3v) is 5.45. The third kappa shape index (κ3) is 4.81. The molecule has 3 heteroatoms. The molecule has 2 aliphatic rings. The van der Waals surface area contributed by atoms with Gasteiger partial charge in [0.25, 0.3) is 0 Å². The van der Waals surface area contributed by atoms with E-state index in [-0.39, 0.29) is 6.10 Å². The van der Waals surface area contributed by atoms with Crippen molar-refractivity contribution in [3.05, 3.63) is 35.9 Å². The van der Waals surface area contributed by atoms with Crippen LogP contribution in [0.15, 0.2) is 30.3 Å². The summed E-state index contributed by atoms with van der Waals surface area (Å²) in [5, 5.41) is 0. The van der Waals surface area contributed by atoms with Crippen molar-refractivity contribution in [1.29, 1.82) is 0 Å². The Hall–Kier alpha value is -0.900. The van der Waals surface area contributed by atoms with Crippen LogP contribution in [0.5, 0.6) is 0 Å². The molecule has 2 aliphatic heterocycles. The molecule has 1 aromatic rings. The van der Waals surface area contributed by atoms with Gasteiger partial charge in [-0.15, -0.1) is 0 Å². The molecule has 134 valence electrons. The maximum atomic E-state index is 6.22. The highest BCUT2D eigenvalue weighted by Crippen LogP contribution is 2.34. The first-order chi connectivity index (χ1) is 11.7. The number of benzene rings is 1. The average Bonchev–Trinajstić information content (AvgIpc) is 2.99. The monoisotopic (exact) mass is 330 g/mol. The van der Waals surface area contributed by atoms with E-state index in [4.69, 9.17) is 4.74 Å². The normalized spacial score (nSPS) is 26.3. The van der Waals surface area contributed by atoms with Gasteiger partial charge < -0.3 is 9.64 Å². The van der Waals surface area contributed by atoms with E-state index in [0.717, 1.165) is 13.3 Å². The first-order valence-electron chi connectivity index (χ1n) is 9.87. The van der Waals surface area contributed by atoms with Crippen molar-refractivity contribution in [3.8, 4) is 0 Å². The van der Waals surface area contributed by atoms with Crippen LogP contribution in [-0.4, -0.2) is 48.8 Å². The van der Waals surface area contributed by atoms with E-state index in [1.54, 1.807) is 0 Å². The second-order valence-corrected chi connectivity index (χ2v) is 7.89. The smallest absolute Gasteiger partial charge is 0.100 e. The zero-order valence-electron chi connectivity index (χ0n) is 15.5. The maximum Gasteiger partial charge on any atom is 0.100 e. The summed E-state index contributed by atoms with van der Waals surface area (Å²) in [7, 11) is 0. The van der Waals surface area contributed by atoms with Gasteiger partial charge in [-0.05, 0) is 56.8 Å². The number of nitrogens with zero attached hydrogens (tertiary/aromatic N) is 2. The second-order valence-electron chi connectivity index (χ2n) is 7.89. The van der Waals surface area contributed by atoms with Gasteiger partial charge >= 0.3 is 0 Å². The summed E-state index contributed by atoms with van der Waals surface area (Å²) in [6.45, 7) is 10.5. The van der Waals surface area contributed by atoms with Gasteiger partial charge in [-0.2, -0.15) is 0 Å². The van der Waals surface area contributed by atoms with Crippen LogP contribution in [0.4, 0.5) is 0 Å². The Balaban J connectivity index is 1.55. The molecule has 2 saturated heterocycles. The molecular formula is C21H34N2O. The topological polar surface area (TPSA) is 15.7 Å². The molecule has 3 rings (SSSR count). The lowest BCUT2D eigenvalue weighted by Gasteiger charge is -2.30. The standard InChI is InChI=1S/C21H34N2O/c1-18(2)16-20-21(19-10-5-3-6-11-19)24-17-23(20)15-9-14-22-12-7-4-8-13-22/h3,5-6,10-11,18,20-21H,4,7-9,12-17H2,1-2H3/t20-,21-/m1/s1. The predicted molar refractivity (Wildman–Crippen MR) is 100.0 cm³/mol. The molecule has 24 heavy (non-hydrogen) atoms. The Labute approximate surface area is 148 Å². The maximum absolute atomic E-state index is 6.22. The Kier molecular flexibility index (Phi) is 6.70. The van der Waals surface area contributed by atoms with Crippen LogP contribution in [0.3, 0.4) is 0 Å². The molecule has 3 nitrogen and oxygen atoms in total. The molecule has 2 heterocycles. The van der Waals surface area contributed by atoms with Gasteiger partial charge in [-0.25, -0.2) is 0 Å². The third-order valence-electron chi connectivity index (χ3n) is 5.45. The minimum Gasteiger partial charge on any atom is -0.357 e. The number of ether oxygens (including phenoxy) is 1. The molecule has 0 saturated carbocycles. The van der Waals surface area contributed by atoms with Crippen molar-refractivity contribution in [2.24, 2.45) is 5.92 Å². The molecule has 0 amide bonds. The van der Waals surface area contributed by atoms with Crippen molar-refractivity contribution in [2.45, 2.75) is 58.1 Å². The van der Waals surface area contributed by atoms with E-state index in [2.05, 4.69) is 54.0 Å². The Morgan fingerprint density at radius 3 is 2.50 bits per heavy atom. The Morgan fingerprint density at radius 2 is 1.79 bits per heavy atom. The Bertz CT molecular complexity index is 470. The van der Waals surface area contributed by atoms with E-state index in [9.17, 15) is 0 Å². The van der Waals surface area contributed by atoms with Crippen LogP contribution in [0.1, 0.15) is 57.6 Å². The van der Waals surface area contributed by atoms with Gasteiger partial charge in [0.2, 0.25) is 0 Å². The van der Waals surface area contributed by atoms with Gasteiger partial charge in [0.15, 0.2) is 0 Å². The number of likely N-dealkylation sites (tertiary alicyclic amines) is 1. The van der Waals surface area contributed by atoms with E-state index in [1.165, 1.54) is 57.3 Å². The van der Waals surface area contributed by atoms with Gasteiger partial charge in [-0.1, -0.05) is 50.6 Å². The molecule has 0 unspecified atom stereocenters. The van der Waals surface area contributed by atoms with Crippen LogP contribution in [0.2, 0.25) is 0 Å². The summed E-state index contributed by atoms with van der Waals surface area (Å²) in [6.07, 6.45) is 6.91. The fraction of sp³-hybridized carbons (Fsp3) is 0.714. The summed E-state index contributed by atoms with van der Waals surface area (Å²) >= 11 is 0. The molecule has 0 N–H and O–H groups in total. The molecular weight excluding hydrogens is 296 g/mol. The van der Waals surface area contributed by atoms with E-state index in [0.29, 0.717) is 12.0 Å². The largest absolute Gasteiger partial charge is 0.357 e. The van der Waals surface area contributed by atoms with Crippen molar-refractivity contribution >= 4 is 0 Å². The van der Waals surface area contributed by atoms with Crippen molar-refractivity contribution in [1.82, 2.24) is 9.80 Å². The van der Waals surface area contributed by atoms with E-state index >= 15 is 0 Å². The minimum atomic E-state index is 0.239. The van der Waals surface area contributed by atoms with Gasteiger partial charge in [0.05, 0.1) is 6.10 Å². The lowest BCUT2D eigenvalue weighted by atomic mass is 9.94. The highest BCUT2D eigenvalue weighted by molar-refractivity contribution is 5.20. The highest BCUT2D eigenvalue weighted by atomic mass is 16.5. The highest BCUT2D eigenvalue weighted by Gasteiger charge is 2.35. The van der Waals surface area contributed by atoms with Crippen molar-refractivity contribution in [3.63, 3.8) is 0 Å². The molecule has 0 aromatic heterocycles. The minimum absolute atomic E-state index is 0.239. The molecule has 0 spiro atoms. The molecule has 0 aliphatic carbocycles. The van der Waals surface area contributed by atoms with Crippen LogP contribution in [0, 0.1) is 5.92 Å². The average molecular weight is 331 g/mol. The first kappa shape index (κ1) is 17.9. The summed E-state index contributed by atoms with van der Waals surface area (Å²) in [4.78, 5) is 5.23. The van der Waals surface area contributed by atoms with Crippen molar-refractivity contribution in [2.75, 3.05) is 32.9 Å². The molecule has 1 aromatic carbocycles. The van der Waals surface area contributed by atoms with Gasteiger partial charge in [-0.3, -0.25) is 4.90 Å². The SMILES string of the molecule is CC(C)C[C@@H]1[C@@H](c2ccccc2)OCN1CCCN1CCCCC1. The summed E-state index contributed by atoms with van der Waals surface area (Å²) in [5.74, 6) is 0.701. The van der Waals surface area contributed by atoms with Crippen LogP contribution in [0.25, 0.3) is 0 Å². The fourth-order valence-electron chi connectivity index (χ4n) is 4.20. The predicted octanol–water partition coefficient (Wildman–Crippen LogP) is 4.31. The summed E-state index contributed by atoms with van der Waals surface area (Å²) < 4.78 is 6.22. The molecule has 0 bridgehead atoms. The summed E-state index contributed by atoms with van der Waals surface area (Å²) in [5.41, 5.74) is 1.33. The zero-order chi connectivity index (χ0) is 16.8. The van der Waals surface area contributed by atoms with Gasteiger partial charge in [0, 0.05) is 12.6 Å². The van der Waals surface area contributed by atoms with Gasteiger partial charge in [0.1, 0.15) is 6.73 Å². The van der Waals surface area contributed by atoms with Crippen LogP contribution >= 0.6 is 0 Å². The summed E-state index contributed by atoms with van der Waals surface area (Å²) in [6, 6.07) is 11.3. The molecule has 2 fully saturated rings. The lowest BCUT2D eigenvalue weighted by molar-refractivity contribution is 0.0869. The Morgan fingerprint density at radius 1 is 1.04 bits per heavy atom. The lowest BCUT2D eigenvalue weighted by Crippen LogP contribution is -2.37. The van der Waals surface area contributed by atoms with Crippen LogP contribution < -0.4 is 0 Å². The molecule has 0 radical (unpaired) electrons. The number of hydrogen-bond acceptors (Lipinski definition) is 3. The quantitative estimate of drug-likeness (QED) is 0.741. The zero-order valence-corrected chi connectivity index (χ0v) is 15.5. The molecule has 2 atom stereocenters. The van der Waals surface area contributed by atoms with E-state index in [1.807, 2.05) is 0 Å². The van der Waals surface area contributed by atoms with E-state index < -0.39 is 0 Å². The van der Waals surface area contributed by atoms with Crippen molar-refractivity contribution < 1.29 is 4.74 Å². The first-order valence-corrected chi connectivity index (χ1v) is 9.87.